The third-order valence-corrected chi connectivity index (χ3v) is 5.79. The van der Waals surface area contributed by atoms with Gasteiger partial charge in [0.25, 0.3) is 11.8 Å². The number of nitrogens with zero attached hydrogens (tertiary/aromatic N) is 1. The molecule has 8 heteroatoms. The SMILES string of the molecule is COc1cc(NC(=O)c2cc(-c3ccco3)nc3ccccc23)c(OC)cc1NC(=O)c1ccccc1. The molecule has 37 heavy (non-hydrogen) atoms. The molecule has 0 saturated heterocycles. The van der Waals surface area contributed by atoms with Crippen LogP contribution in [0.4, 0.5) is 11.4 Å². The number of benzene rings is 3. The first-order chi connectivity index (χ1) is 18.1. The van der Waals surface area contributed by atoms with Gasteiger partial charge in [-0.2, -0.15) is 0 Å². The lowest BCUT2D eigenvalue weighted by Gasteiger charge is -2.17. The summed E-state index contributed by atoms with van der Waals surface area (Å²) in [6, 6.07) is 24.7. The van der Waals surface area contributed by atoms with Crippen LogP contribution in [-0.4, -0.2) is 31.0 Å². The molecule has 0 atom stereocenters. The molecule has 0 aliphatic rings. The maximum absolute atomic E-state index is 13.5. The maximum atomic E-state index is 13.5. The molecule has 0 unspecified atom stereocenters. The number of carbonyl (C=O) groups is 2. The monoisotopic (exact) mass is 493 g/mol. The van der Waals surface area contributed by atoms with Crippen molar-refractivity contribution in [2.24, 2.45) is 0 Å². The number of hydrogen-bond donors (Lipinski definition) is 2. The number of hydrogen-bond acceptors (Lipinski definition) is 6. The van der Waals surface area contributed by atoms with Crippen LogP contribution in [0.3, 0.4) is 0 Å². The van der Waals surface area contributed by atoms with E-state index in [2.05, 4.69) is 15.6 Å². The van der Waals surface area contributed by atoms with Crippen LogP contribution in [0, 0.1) is 0 Å². The molecule has 0 aliphatic heterocycles. The molecule has 2 N–H and O–H groups in total. The number of para-hydroxylation sites is 1. The fraction of sp³-hybridized carbons (Fsp3) is 0.0690. The number of carbonyl (C=O) groups excluding carboxylic acids is 2. The molecule has 2 heterocycles. The molecule has 5 rings (SSSR count). The Kier molecular flexibility index (Phi) is 6.54. The van der Waals surface area contributed by atoms with Crippen molar-refractivity contribution in [3.05, 3.63) is 102 Å². The lowest BCUT2D eigenvalue weighted by Crippen LogP contribution is -2.15. The van der Waals surface area contributed by atoms with Gasteiger partial charge in [0, 0.05) is 23.1 Å². The number of anilines is 2. The predicted octanol–water partition coefficient (Wildman–Crippen LogP) is 6.02. The third kappa shape index (κ3) is 4.85. The van der Waals surface area contributed by atoms with Gasteiger partial charge in [-0.25, -0.2) is 4.98 Å². The Labute approximate surface area is 212 Å². The van der Waals surface area contributed by atoms with Gasteiger partial charge < -0.3 is 24.5 Å². The van der Waals surface area contributed by atoms with Crippen molar-refractivity contribution >= 4 is 34.1 Å². The summed E-state index contributed by atoms with van der Waals surface area (Å²) in [5, 5.41) is 6.44. The molecule has 5 aromatic rings. The van der Waals surface area contributed by atoms with E-state index in [-0.39, 0.29) is 11.8 Å². The Bertz CT molecular complexity index is 1580. The quantitative estimate of drug-likeness (QED) is 0.288. The van der Waals surface area contributed by atoms with E-state index in [4.69, 9.17) is 13.9 Å². The second kappa shape index (κ2) is 10.2. The Morgan fingerprint density at radius 1 is 0.757 bits per heavy atom. The number of fused-ring (bicyclic) bond motifs is 1. The van der Waals surface area contributed by atoms with Gasteiger partial charge in [-0.15, -0.1) is 0 Å². The van der Waals surface area contributed by atoms with E-state index < -0.39 is 0 Å². The van der Waals surface area contributed by atoms with E-state index in [9.17, 15) is 9.59 Å². The Morgan fingerprint density at radius 2 is 1.41 bits per heavy atom. The summed E-state index contributed by atoms with van der Waals surface area (Å²) in [5.41, 5.74) is 2.89. The second-order valence-corrected chi connectivity index (χ2v) is 8.08. The molecular weight excluding hydrogens is 470 g/mol. The topological polar surface area (TPSA) is 103 Å². The van der Waals surface area contributed by atoms with E-state index in [1.54, 1.807) is 60.9 Å². The van der Waals surface area contributed by atoms with E-state index in [1.807, 2.05) is 30.3 Å². The van der Waals surface area contributed by atoms with Crippen LogP contribution in [-0.2, 0) is 0 Å². The molecule has 3 aromatic carbocycles. The maximum Gasteiger partial charge on any atom is 0.256 e. The first-order valence-corrected chi connectivity index (χ1v) is 11.4. The van der Waals surface area contributed by atoms with Gasteiger partial charge in [-0.3, -0.25) is 9.59 Å². The minimum atomic E-state index is -0.368. The van der Waals surface area contributed by atoms with Crippen molar-refractivity contribution in [2.75, 3.05) is 24.9 Å². The normalized spacial score (nSPS) is 10.6. The van der Waals surface area contributed by atoms with E-state index in [0.717, 1.165) is 0 Å². The van der Waals surface area contributed by atoms with Gasteiger partial charge in [0.2, 0.25) is 0 Å². The molecule has 2 amide bonds. The summed E-state index contributed by atoms with van der Waals surface area (Å²) in [7, 11) is 2.97. The van der Waals surface area contributed by atoms with E-state index >= 15 is 0 Å². The van der Waals surface area contributed by atoms with Crippen molar-refractivity contribution in [2.45, 2.75) is 0 Å². The van der Waals surface area contributed by atoms with Crippen LogP contribution < -0.4 is 20.1 Å². The highest BCUT2D eigenvalue weighted by Crippen LogP contribution is 2.37. The van der Waals surface area contributed by atoms with Crippen molar-refractivity contribution in [3.63, 3.8) is 0 Å². The van der Waals surface area contributed by atoms with Gasteiger partial charge in [0.05, 0.1) is 42.9 Å². The fourth-order valence-electron chi connectivity index (χ4n) is 3.98. The number of methoxy groups -OCH3 is 2. The van der Waals surface area contributed by atoms with Gasteiger partial charge in [0.1, 0.15) is 17.2 Å². The smallest absolute Gasteiger partial charge is 0.256 e. The van der Waals surface area contributed by atoms with Gasteiger partial charge in [-0.1, -0.05) is 36.4 Å². The first kappa shape index (κ1) is 23.6. The summed E-state index contributed by atoms with van der Waals surface area (Å²) < 4.78 is 16.5. The van der Waals surface area contributed by atoms with Crippen LogP contribution >= 0.6 is 0 Å². The van der Waals surface area contributed by atoms with Crippen LogP contribution in [0.5, 0.6) is 11.5 Å². The number of ether oxygens (including phenoxy) is 2. The lowest BCUT2D eigenvalue weighted by molar-refractivity contribution is 0.101. The van der Waals surface area contributed by atoms with Crippen molar-refractivity contribution in [3.8, 4) is 23.0 Å². The molecule has 8 nitrogen and oxygen atoms in total. The Morgan fingerprint density at radius 3 is 2.05 bits per heavy atom. The molecule has 0 bridgehead atoms. The third-order valence-electron chi connectivity index (χ3n) is 5.79. The predicted molar refractivity (Wildman–Crippen MR) is 141 cm³/mol. The van der Waals surface area contributed by atoms with E-state index in [1.165, 1.54) is 14.2 Å². The lowest BCUT2D eigenvalue weighted by atomic mass is 10.1. The number of rotatable bonds is 7. The van der Waals surface area contributed by atoms with Crippen LogP contribution in [0.2, 0.25) is 0 Å². The number of pyridine rings is 1. The highest BCUT2D eigenvalue weighted by Gasteiger charge is 2.19. The molecule has 2 aromatic heterocycles. The first-order valence-electron chi connectivity index (χ1n) is 11.4. The highest BCUT2D eigenvalue weighted by atomic mass is 16.5. The average molecular weight is 494 g/mol. The molecule has 0 fully saturated rings. The summed E-state index contributed by atoms with van der Waals surface area (Å²) in [6.45, 7) is 0. The number of nitrogens with one attached hydrogen (secondary N) is 2. The summed E-state index contributed by atoms with van der Waals surface area (Å²) in [5.74, 6) is 0.593. The number of amides is 2. The van der Waals surface area contributed by atoms with Crippen molar-refractivity contribution in [1.82, 2.24) is 4.98 Å². The fourth-order valence-corrected chi connectivity index (χ4v) is 3.98. The van der Waals surface area contributed by atoms with Gasteiger partial charge >= 0.3 is 0 Å². The van der Waals surface area contributed by atoms with E-state index in [0.29, 0.717) is 56.4 Å². The number of furan rings is 1. The number of aromatic nitrogens is 1. The summed E-state index contributed by atoms with van der Waals surface area (Å²) in [4.78, 5) is 30.9. The minimum absolute atomic E-state index is 0.300. The van der Waals surface area contributed by atoms with Gasteiger partial charge in [-0.05, 0) is 36.4 Å². The zero-order valence-electron chi connectivity index (χ0n) is 20.1. The van der Waals surface area contributed by atoms with Crippen molar-refractivity contribution < 1.29 is 23.5 Å². The van der Waals surface area contributed by atoms with Crippen molar-refractivity contribution in [1.29, 1.82) is 0 Å². The van der Waals surface area contributed by atoms with Crippen LogP contribution in [0.25, 0.3) is 22.4 Å². The standard InChI is InChI=1S/C29H23N3O5/c1-35-26-17-24(27(36-2)16-23(26)31-28(33)18-9-4-3-5-10-18)32-29(34)20-15-22(25-13-8-14-37-25)30-21-12-7-6-11-19(20)21/h3-17H,1-2H3,(H,31,33)(H,32,34). The zero-order chi connectivity index (χ0) is 25.8. The largest absolute Gasteiger partial charge is 0.494 e. The molecular formula is C29H23N3O5. The Hall–Kier alpha value is -5.11. The van der Waals surface area contributed by atoms with Gasteiger partial charge in [0.15, 0.2) is 5.76 Å². The average Bonchev–Trinajstić information content (AvgIpc) is 3.48. The summed E-state index contributed by atoms with van der Waals surface area (Å²) >= 11 is 0. The molecule has 0 spiro atoms. The minimum Gasteiger partial charge on any atom is -0.494 e. The molecule has 0 aliphatic carbocycles. The molecule has 0 saturated carbocycles. The summed E-state index contributed by atoms with van der Waals surface area (Å²) in [6.07, 6.45) is 1.56. The Balaban J connectivity index is 1.49. The van der Waals surface area contributed by atoms with Crippen LogP contribution in [0.1, 0.15) is 20.7 Å². The molecule has 184 valence electrons. The second-order valence-electron chi connectivity index (χ2n) is 8.08. The zero-order valence-corrected chi connectivity index (χ0v) is 20.1. The van der Waals surface area contributed by atoms with Crippen LogP contribution in [0.15, 0.2) is 95.6 Å². The molecule has 0 radical (unpaired) electrons. The highest BCUT2D eigenvalue weighted by molar-refractivity contribution is 6.14.